The molecule has 3 aromatic rings. The third-order valence-corrected chi connectivity index (χ3v) is 3.30. The fourth-order valence-corrected chi connectivity index (χ4v) is 2.25. The zero-order valence-electron chi connectivity index (χ0n) is 10.5. The highest BCUT2D eigenvalue weighted by Crippen LogP contribution is 2.19. The summed E-state index contributed by atoms with van der Waals surface area (Å²) >= 11 is 3.33. The molecular formula is C13H10BrFN4O. The van der Waals surface area contributed by atoms with E-state index in [-0.39, 0.29) is 5.75 Å². The highest BCUT2D eigenvalue weighted by atomic mass is 79.9. The topological polar surface area (TPSA) is 52.8 Å². The number of hydrogen-bond acceptors (Lipinski definition) is 4. The van der Waals surface area contributed by atoms with E-state index in [0.29, 0.717) is 17.7 Å². The fourth-order valence-electron chi connectivity index (χ4n) is 1.93. The zero-order valence-corrected chi connectivity index (χ0v) is 12.1. The monoisotopic (exact) mass is 336 g/mol. The van der Waals surface area contributed by atoms with Gasteiger partial charge in [-0.2, -0.15) is 0 Å². The van der Waals surface area contributed by atoms with E-state index in [9.17, 15) is 4.39 Å². The molecule has 102 valence electrons. The summed E-state index contributed by atoms with van der Waals surface area (Å²) in [7, 11) is 1.44. The Bertz CT molecular complexity index is 774. The van der Waals surface area contributed by atoms with Crippen molar-refractivity contribution in [1.29, 1.82) is 0 Å². The summed E-state index contributed by atoms with van der Waals surface area (Å²) in [6.07, 6.45) is 1.68. The predicted octanol–water partition coefficient (Wildman–Crippen LogP) is 2.78. The smallest absolute Gasteiger partial charge is 0.178 e. The normalized spacial score (nSPS) is 10.9. The number of hydrogen-bond donors (Lipinski definition) is 0. The van der Waals surface area contributed by atoms with Crippen LogP contribution in [-0.2, 0) is 6.54 Å². The van der Waals surface area contributed by atoms with Gasteiger partial charge in [-0.3, -0.25) is 0 Å². The average Bonchev–Trinajstić information content (AvgIpc) is 2.81. The lowest BCUT2D eigenvalue weighted by Gasteiger charge is -2.05. The Balaban J connectivity index is 1.95. The Morgan fingerprint density at radius 1 is 1.35 bits per heavy atom. The second-order valence-electron chi connectivity index (χ2n) is 4.21. The lowest BCUT2D eigenvalue weighted by molar-refractivity contribution is 0.386. The third-order valence-electron chi connectivity index (χ3n) is 2.87. The molecule has 0 aliphatic rings. The summed E-state index contributed by atoms with van der Waals surface area (Å²) in [5.74, 6) is -0.177. The van der Waals surface area contributed by atoms with Crippen molar-refractivity contribution in [2.45, 2.75) is 6.54 Å². The molecule has 0 saturated heterocycles. The van der Waals surface area contributed by atoms with Gasteiger partial charge in [0.25, 0.3) is 0 Å². The molecule has 0 fully saturated rings. The highest BCUT2D eigenvalue weighted by molar-refractivity contribution is 9.10. The highest BCUT2D eigenvalue weighted by Gasteiger charge is 2.09. The number of nitrogens with zero attached hydrogens (tertiary/aromatic N) is 4. The minimum atomic E-state index is -0.398. The van der Waals surface area contributed by atoms with E-state index in [1.54, 1.807) is 23.0 Å². The molecule has 0 amide bonds. The molecule has 2 aromatic heterocycles. The molecule has 5 nitrogen and oxygen atoms in total. The first-order chi connectivity index (χ1) is 9.67. The third kappa shape index (κ3) is 2.36. The lowest BCUT2D eigenvalue weighted by atomic mass is 10.2. The standard InChI is InChI=1S/C13H10BrFN4O/c1-20-12-3-2-8(4-10(12)15)7-19-13-11(17-18-19)5-9(14)6-16-13/h2-6H,7H2,1H3. The average molecular weight is 337 g/mol. The second kappa shape index (κ2) is 5.16. The molecule has 0 N–H and O–H groups in total. The first-order valence-electron chi connectivity index (χ1n) is 5.84. The van der Waals surface area contributed by atoms with Crippen LogP contribution >= 0.6 is 15.9 Å². The summed E-state index contributed by atoms with van der Waals surface area (Å²) in [6.45, 7) is 0.395. The van der Waals surface area contributed by atoms with Crippen molar-refractivity contribution < 1.29 is 9.13 Å². The number of benzene rings is 1. The van der Waals surface area contributed by atoms with E-state index < -0.39 is 5.82 Å². The van der Waals surface area contributed by atoms with E-state index in [0.717, 1.165) is 10.0 Å². The fraction of sp³-hybridized carbons (Fsp3) is 0.154. The van der Waals surface area contributed by atoms with Gasteiger partial charge in [0.1, 0.15) is 5.52 Å². The number of methoxy groups -OCH3 is 1. The Kier molecular flexibility index (Phi) is 3.35. The quantitative estimate of drug-likeness (QED) is 0.738. The number of rotatable bonds is 3. The number of aromatic nitrogens is 4. The molecule has 7 heteroatoms. The molecule has 0 bridgehead atoms. The number of ether oxygens (including phenoxy) is 1. The molecule has 0 radical (unpaired) electrons. The van der Waals surface area contributed by atoms with Crippen molar-refractivity contribution in [3.05, 3.63) is 46.3 Å². The predicted molar refractivity (Wildman–Crippen MR) is 75.1 cm³/mol. The second-order valence-corrected chi connectivity index (χ2v) is 5.13. The van der Waals surface area contributed by atoms with Crippen molar-refractivity contribution >= 4 is 27.1 Å². The van der Waals surface area contributed by atoms with Crippen LogP contribution in [0.2, 0.25) is 0 Å². The van der Waals surface area contributed by atoms with Gasteiger partial charge in [-0.25, -0.2) is 14.1 Å². The van der Waals surface area contributed by atoms with E-state index in [1.807, 2.05) is 6.07 Å². The summed E-state index contributed by atoms with van der Waals surface area (Å²) in [6, 6.07) is 6.63. The van der Waals surface area contributed by atoms with Crippen LogP contribution in [0.15, 0.2) is 34.9 Å². The van der Waals surface area contributed by atoms with Gasteiger partial charge in [-0.05, 0) is 39.7 Å². The summed E-state index contributed by atoms with van der Waals surface area (Å²) in [5.41, 5.74) is 2.11. The van der Waals surface area contributed by atoms with Gasteiger partial charge < -0.3 is 4.74 Å². The van der Waals surface area contributed by atoms with Gasteiger partial charge in [-0.15, -0.1) is 5.10 Å². The van der Waals surface area contributed by atoms with Crippen LogP contribution in [0.5, 0.6) is 5.75 Å². The molecule has 0 atom stereocenters. The SMILES string of the molecule is COc1ccc(Cn2nnc3cc(Br)cnc32)cc1F. The van der Waals surface area contributed by atoms with Crippen LogP contribution < -0.4 is 4.74 Å². The molecule has 2 heterocycles. The van der Waals surface area contributed by atoms with Gasteiger partial charge in [-0.1, -0.05) is 11.3 Å². The Morgan fingerprint density at radius 2 is 2.20 bits per heavy atom. The van der Waals surface area contributed by atoms with Gasteiger partial charge in [0.15, 0.2) is 17.2 Å². The Hall–Kier alpha value is -2.02. The zero-order chi connectivity index (χ0) is 14.1. The number of halogens is 2. The van der Waals surface area contributed by atoms with Crippen molar-refractivity contribution in [3.63, 3.8) is 0 Å². The largest absolute Gasteiger partial charge is 0.494 e. The lowest BCUT2D eigenvalue weighted by Crippen LogP contribution is -2.03. The van der Waals surface area contributed by atoms with Crippen LogP contribution in [0.3, 0.4) is 0 Å². The van der Waals surface area contributed by atoms with Crippen LogP contribution in [0.4, 0.5) is 4.39 Å². The van der Waals surface area contributed by atoms with E-state index in [1.165, 1.54) is 13.2 Å². The van der Waals surface area contributed by atoms with Crippen molar-refractivity contribution in [2.75, 3.05) is 7.11 Å². The van der Waals surface area contributed by atoms with Crippen LogP contribution in [0, 0.1) is 5.82 Å². The molecule has 20 heavy (non-hydrogen) atoms. The molecule has 0 spiro atoms. The van der Waals surface area contributed by atoms with Crippen molar-refractivity contribution in [2.24, 2.45) is 0 Å². The molecular weight excluding hydrogens is 327 g/mol. The maximum atomic E-state index is 13.7. The van der Waals surface area contributed by atoms with Crippen molar-refractivity contribution in [3.8, 4) is 5.75 Å². The van der Waals surface area contributed by atoms with Gasteiger partial charge >= 0.3 is 0 Å². The number of pyridine rings is 1. The van der Waals surface area contributed by atoms with Gasteiger partial charge in [0.05, 0.1) is 13.7 Å². The minimum absolute atomic E-state index is 0.222. The number of fused-ring (bicyclic) bond motifs is 1. The maximum Gasteiger partial charge on any atom is 0.178 e. The maximum absolute atomic E-state index is 13.7. The van der Waals surface area contributed by atoms with Crippen LogP contribution in [0.25, 0.3) is 11.2 Å². The molecule has 1 aromatic carbocycles. The molecule has 0 aliphatic heterocycles. The molecule has 3 rings (SSSR count). The first-order valence-corrected chi connectivity index (χ1v) is 6.64. The molecule has 0 unspecified atom stereocenters. The van der Waals surface area contributed by atoms with Crippen LogP contribution in [0.1, 0.15) is 5.56 Å². The Labute approximate surface area is 122 Å². The van der Waals surface area contributed by atoms with E-state index in [4.69, 9.17) is 4.74 Å². The van der Waals surface area contributed by atoms with Gasteiger partial charge in [0, 0.05) is 10.7 Å². The summed E-state index contributed by atoms with van der Waals surface area (Å²) in [5, 5.41) is 8.07. The van der Waals surface area contributed by atoms with E-state index in [2.05, 4.69) is 31.2 Å². The minimum Gasteiger partial charge on any atom is -0.494 e. The van der Waals surface area contributed by atoms with Gasteiger partial charge in [0.2, 0.25) is 0 Å². The first kappa shape index (κ1) is 13.0. The van der Waals surface area contributed by atoms with Crippen molar-refractivity contribution in [1.82, 2.24) is 20.0 Å². The summed E-state index contributed by atoms with van der Waals surface area (Å²) < 4.78 is 21.0. The Morgan fingerprint density at radius 3 is 2.95 bits per heavy atom. The molecule has 0 aliphatic carbocycles. The van der Waals surface area contributed by atoms with Crippen LogP contribution in [-0.4, -0.2) is 27.1 Å². The molecule has 0 saturated carbocycles. The van der Waals surface area contributed by atoms with E-state index >= 15 is 0 Å². The summed E-state index contributed by atoms with van der Waals surface area (Å²) in [4.78, 5) is 4.27.